The number of Topliss-reactive ketones (excluding diaryl/α,β-unsaturated/α-hetero) is 4. The van der Waals surface area contributed by atoms with Crippen molar-refractivity contribution < 1.29 is 52.5 Å². The molecule has 0 spiro atoms. The largest absolute Gasteiger partial charge is 0.469 e. The number of unbranched alkanes of at least 4 members (excludes halogenated alkanes) is 6. The van der Waals surface area contributed by atoms with Gasteiger partial charge in [0.15, 0.2) is 23.5 Å². The van der Waals surface area contributed by atoms with E-state index in [9.17, 15) is 33.6 Å². The molecule has 75 heavy (non-hydrogen) atoms. The summed E-state index contributed by atoms with van der Waals surface area (Å²) in [4.78, 5) is 101. The number of carbonyl (C=O) groups is 7. The van der Waals surface area contributed by atoms with E-state index in [4.69, 9.17) is 36.1 Å². The molecular formula is C53H83N9O11S2. The van der Waals surface area contributed by atoms with E-state index in [1.54, 1.807) is 18.2 Å². The molecule has 4 heterocycles. The topological polar surface area (TPSA) is 307 Å². The number of ether oxygens (including phenoxy) is 4. The fourth-order valence-corrected chi connectivity index (χ4v) is 13.1. The minimum absolute atomic E-state index is 0.0297. The van der Waals surface area contributed by atoms with Gasteiger partial charge in [0.05, 0.1) is 76.7 Å². The number of esters is 2. The lowest BCUT2D eigenvalue weighted by Crippen LogP contribution is -2.38. The number of hydrogen-bond acceptors (Lipinski definition) is 20. The van der Waals surface area contributed by atoms with Crippen molar-refractivity contribution in [1.29, 1.82) is 0 Å². The summed E-state index contributed by atoms with van der Waals surface area (Å²) in [6.07, 6.45) is 10.9. The van der Waals surface area contributed by atoms with E-state index in [0.717, 1.165) is 50.0 Å². The first kappa shape index (κ1) is 61.1. The highest BCUT2D eigenvalue weighted by Crippen LogP contribution is 2.36. The van der Waals surface area contributed by atoms with E-state index in [1.807, 2.05) is 23.5 Å². The number of carbonyl (C=O) groups excluding carboxylic acids is 7. The molecule has 0 aromatic heterocycles. The van der Waals surface area contributed by atoms with Gasteiger partial charge in [0.2, 0.25) is 0 Å². The van der Waals surface area contributed by atoms with Crippen LogP contribution in [0.15, 0.2) is 28.2 Å². The maximum absolute atomic E-state index is 13.7. The highest BCUT2D eigenvalue weighted by atomic mass is 32.2. The number of nitrogens with one attached hydrogen (secondary N) is 4. The van der Waals surface area contributed by atoms with Crippen LogP contribution in [0.25, 0.3) is 0 Å². The standard InChI is InChI=1S/C53H83N9O11S2/c1-70-49(67)34(30-39(63)15-9-11-19-45-47-41(32-74-45)59-51(55)61-47)13-5-3-7-17-43(65)36-27-37(29-38(28-36)58-53(69)57-22-24-73-26-25-72-23-21-54)44(66)18-8-4-6-14-35(50(68)71-2)31-40(64)16-10-12-20-46-48-42(33-75-46)60-52(56)62-48/h27-29,34-35,41-42,45-48H,3-26,30-33,54H2,1-2H3,(H3,55,59,61)(H3,56,60,62)(H2,57,58,69)/t34-,35-,41+,42+,45+,46+,47+,48+/m1/s1. The van der Waals surface area contributed by atoms with E-state index in [0.29, 0.717) is 113 Å². The lowest BCUT2D eigenvalue weighted by Gasteiger charge is -2.15. The molecule has 0 unspecified atom stereocenters. The maximum atomic E-state index is 13.7. The summed E-state index contributed by atoms with van der Waals surface area (Å²) in [5.41, 5.74) is 18.0. The number of thioether (sulfide) groups is 2. The van der Waals surface area contributed by atoms with Crippen molar-refractivity contribution in [1.82, 2.24) is 16.0 Å². The fourth-order valence-electron chi connectivity index (χ4n) is 10.1. The van der Waals surface area contributed by atoms with Crippen molar-refractivity contribution >= 4 is 82.2 Å². The number of nitrogens with zero attached hydrogens (tertiary/aromatic N) is 2. The molecule has 0 radical (unpaired) electrons. The molecule has 0 saturated carbocycles. The summed E-state index contributed by atoms with van der Waals surface area (Å²) < 4.78 is 20.9. The van der Waals surface area contributed by atoms with Gasteiger partial charge < -0.3 is 57.4 Å². The van der Waals surface area contributed by atoms with Crippen molar-refractivity contribution in [3.63, 3.8) is 0 Å². The lowest BCUT2D eigenvalue weighted by atomic mass is 9.92. The van der Waals surface area contributed by atoms with Crippen LogP contribution in [0, 0.1) is 11.8 Å². The molecule has 8 atom stereocenters. The average molecular weight is 1090 g/mol. The van der Waals surface area contributed by atoms with Crippen LogP contribution in [0.3, 0.4) is 0 Å². The molecule has 1 aromatic rings. The fraction of sp³-hybridized carbons (Fsp3) is 0.717. The first-order valence-corrected chi connectivity index (χ1v) is 29.1. The second-order valence-corrected chi connectivity index (χ2v) is 22.5. The van der Waals surface area contributed by atoms with Gasteiger partial charge in [-0.1, -0.05) is 38.5 Å². The Labute approximate surface area is 450 Å². The zero-order valence-corrected chi connectivity index (χ0v) is 45.7. The number of amides is 2. The Balaban J connectivity index is 1.05. The molecule has 1 aromatic carbocycles. The minimum Gasteiger partial charge on any atom is -0.469 e. The molecule has 4 aliphatic heterocycles. The predicted octanol–water partition coefficient (Wildman–Crippen LogP) is 5.23. The molecule has 418 valence electrons. The SMILES string of the molecule is COC(=O)[C@H](CCCCCC(=O)c1cc(NC(=O)NCCOCCOCCN)cc(C(=O)CCCCC[C@H](CC(=O)CCCC[C@@H]2SC[C@@H]3NC(N)=N[C@@H]32)C(=O)OC)c1)CC(=O)CCCC[C@@H]1SC[C@@H]2NC(N)=N[C@@H]21. The van der Waals surface area contributed by atoms with Crippen LogP contribution in [0.4, 0.5) is 10.5 Å². The highest BCUT2D eigenvalue weighted by Gasteiger charge is 2.41. The molecule has 2 amide bonds. The molecule has 4 aliphatic rings. The van der Waals surface area contributed by atoms with E-state index >= 15 is 0 Å². The van der Waals surface area contributed by atoms with E-state index in [-0.39, 0.29) is 103 Å². The second kappa shape index (κ2) is 33.4. The zero-order chi connectivity index (χ0) is 54.0. The number of fused-ring (bicyclic) bond motifs is 2. The lowest BCUT2D eigenvalue weighted by molar-refractivity contribution is -0.148. The molecule has 0 aliphatic carbocycles. The summed E-state index contributed by atoms with van der Waals surface area (Å²) in [6, 6.07) is 5.08. The van der Waals surface area contributed by atoms with Crippen molar-refractivity contribution in [2.75, 3.05) is 70.6 Å². The number of hydrogen-bond donors (Lipinski definition) is 7. The van der Waals surface area contributed by atoms with E-state index < -0.39 is 29.8 Å². The number of urea groups is 1. The van der Waals surface area contributed by atoms with Gasteiger partial charge in [-0.2, -0.15) is 23.5 Å². The summed E-state index contributed by atoms with van der Waals surface area (Å²) in [7, 11) is 2.65. The van der Waals surface area contributed by atoms with Crippen LogP contribution in [0.2, 0.25) is 0 Å². The van der Waals surface area contributed by atoms with Crippen LogP contribution in [0.1, 0.15) is 149 Å². The van der Waals surface area contributed by atoms with Crippen LogP contribution in [0.5, 0.6) is 0 Å². The van der Waals surface area contributed by atoms with Crippen LogP contribution in [-0.2, 0) is 38.1 Å². The normalized spacial score (nSPS) is 21.2. The summed E-state index contributed by atoms with van der Waals surface area (Å²) in [5, 5.41) is 12.7. The van der Waals surface area contributed by atoms with Crippen LogP contribution < -0.4 is 38.5 Å². The number of rotatable bonds is 39. The van der Waals surface area contributed by atoms with Gasteiger partial charge in [-0.3, -0.25) is 28.8 Å². The number of ketones is 4. The van der Waals surface area contributed by atoms with Crippen LogP contribution in [-0.4, -0.2) is 153 Å². The molecule has 20 nitrogen and oxygen atoms in total. The number of benzene rings is 1. The van der Waals surface area contributed by atoms with Gasteiger partial charge in [-0.05, 0) is 69.6 Å². The molecule has 22 heteroatoms. The Morgan fingerprint density at radius 1 is 0.627 bits per heavy atom. The van der Waals surface area contributed by atoms with E-state index in [2.05, 4.69) is 31.3 Å². The summed E-state index contributed by atoms with van der Waals surface area (Å²) in [5.74, 6) is 0.642. The maximum Gasteiger partial charge on any atom is 0.319 e. The molecule has 2 saturated heterocycles. The Hall–Kier alpha value is -4.77. The number of methoxy groups -OCH3 is 2. The second-order valence-electron chi connectivity index (χ2n) is 19.9. The molecule has 0 bridgehead atoms. The summed E-state index contributed by atoms with van der Waals surface area (Å²) >= 11 is 3.79. The van der Waals surface area contributed by atoms with Gasteiger partial charge in [-0.15, -0.1) is 0 Å². The van der Waals surface area contributed by atoms with Gasteiger partial charge in [0, 0.05) is 90.4 Å². The highest BCUT2D eigenvalue weighted by molar-refractivity contribution is 8.00. The Bertz CT molecular complexity index is 1990. The Morgan fingerprint density at radius 3 is 1.56 bits per heavy atom. The van der Waals surface area contributed by atoms with E-state index in [1.165, 1.54) is 14.2 Å². The predicted molar refractivity (Wildman–Crippen MR) is 293 cm³/mol. The first-order chi connectivity index (χ1) is 36.3. The monoisotopic (exact) mass is 1090 g/mol. The van der Waals surface area contributed by atoms with Crippen molar-refractivity contribution in [2.45, 2.75) is 163 Å². The Morgan fingerprint density at radius 2 is 1.09 bits per heavy atom. The average Bonchev–Trinajstić information content (AvgIpc) is 4.17. The first-order valence-electron chi connectivity index (χ1n) is 27.0. The van der Waals surface area contributed by atoms with Gasteiger partial charge in [0.1, 0.15) is 11.6 Å². The smallest absolute Gasteiger partial charge is 0.319 e. The third kappa shape index (κ3) is 21.3. The van der Waals surface area contributed by atoms with Gasteiger partial charge >= 0.3 is 18.0 Å². The van der Waals surface area contributed by atoms with Crippen LogP contribution >= 0.6 is 23.5 Å². The van der Waals surface area contributed by atoms with Crippen molar-refractivity contribution in [2.24, 2.45) is 39.0 Å². The molecule has 2 fully saturated rings. The zero-order valence-electron chi connectivity index (χ0n) is 44.1. The third-order valence-electron chi connectivity index (χ3n) is 14.1. The van der Waals surface area contributed by atoms with Gasteiger partial charge in [0.25, 0.3) is 0 Å². The molecule has 5 rings (SSSR count). The van der Waals surface area contributed by atoms with Crippen molar-refractivity contribution in [3.8, 4) is 0 Å². The number of aliphatic imine (C=N–C) groups is 2. The molecular weight excluding hydrogens is 1000 g/mol. The molecule has 10 N–H and O–H groups in total. The van der Waals surface area contributed by atoms with Gasteiger partial charge in [-0.25, -0.2) is 14.8 Å². The summed E-state index contributed by atoms with van der Waals surface area (Å²) in [6.45, 7) is 2.02. The minimum atomic E-state index is -0.559. The number of nitrogens with two attached hydrogens (primary N) is 3. The van der Waals surface area contributed by atoms with Crippen molar-refractivity contribution in [3.05, 3.63) is 29.3 Å². The number of guanidine groups is 2. The number of anilines is 1. The quantitative estimate of drug-likeness (QED) is 0.0252. The Kier molecular flexibility index (Phi) is 27.2. The third-order valence-corrected chi connectivity index (χ3v) is 17.1.